The Morgan fingerprint density at radius 2 is 2.12 bits per heavy atom. The highest BCUT2D eigenvalue weighted by Gasteiger charge is 2.15. The van der Waals surface area contributed by atoms with E-state index in [1.54, 1.807) is 0 Å². The van der Waals surface area contributed by atoms with Gasteiger partial charge in [0.1, 0.15) is 5.82 Å². The SMILES string of the molecule is CCNc1nc(C(=O)OC)nc(CC)c1I. The molecule has 1 rings (SSSR count). The van der Waals surface area contributed by atoms with Crippen molar-refractivity contribution in [3.05, 3.63) is 15.1 Å². The van der Waals surface area contributed by atoms with Gasteiger partial charge in [-0.05, 0) is 35.9 Å². The Bertz CT molecular complexity index is 396. The quantitative estimate of drug-likeness (QED) is 0.672. The summed E-state index contributed by atoms with van der Waals surface area (Å²) in [6.45, 7) is 4.71. The number of aromatic nitrogens is 2. The van der Waals surface area contributed by atoms with E-state index >= 15 is 0 Å². The van der Waals surface area contributed by atoms with Gasteiger partial charge in [-0.25, -0.2) is 14.8 Å². The predicted molar refractivity (Wildman–Crippen MR) is 69.6 cm³/mol. The number of ether oxygens (including phenoxy) is 1. The lowest BCUT2D eigenvalue weighted by Gasteiger charge is -2.10. The molecule has 1 aromatic rings. The molecule has 0 saturated carbocycles. The molecule has 0 aliphatic heterocycles. The van der Waals surface area contributed by atoms with E-state index in [1.807, 2.05) is 13.8 Å². The maximum absolute atomic E-state index is 11.4. The van der Waals surface area contributed by atoms with Crippen molar-refractivity contribution >= 4 is 34.4 Å². The monoisotopic (exact) mass is 335 g/mol. The normalized spacial score (nSPS) is 10.0. The van der Waals surface area contributed by atoms with Gasteiger partial charge in [-0.1, -0.05) is 6.92 Å². The molecule has 0 amide bonds. The molecular formula is C10H14IN3O2. The molecule has 6 heteroatoms. The number of carbonyl (C=O) groups is 1. The van der Waals surface area contributed by atoms with Crippen LogP contribution in [-0.4, -0.2) is 29.6 Å². The average molecular weight is 335 g/mol. The van der Waals surface area contributed by atoms with Gasteiger partial charge in [0.25, 0.3) is 0 Å². The Morgan fingerprint density at radius 1 is 1.44 bits per heavy atom. The standard InChI is InChI=1S/C10H14IN3O2/c1-4-6-7(11)8(12-5-2)14-9(13-6)10(15)16-3/h4-5H2,1-3H3,(H,12,13,14). The van der Waals surface area contributed by atoms with Crippen molar-refractivity contribution in [1.82, 2.24) is 9.97 Å². The summed E-state index contributed by atoms with van der Waals surface area (Å²) in [5.74, 6) is 0.288. The van der Waals surface area contributed by atoms with Gasteiger partial charge in [0, 0.05) is 6.54 Å². The van der Waals surface area contributed by atoms with Crippen LogP contribution in [0.5, 0.6) is 0 Å². The Balaban J connectivity index is 3.22. The van der Waals surface area contributed by atoms with E-state index in [2.05, 4.69) is 42.6 Å². The number of halogens is 1. The maximum Gasteiger partial charge on any atom is 0.376 e. The molecule has 0 spiro atoms. The second-order valence-corrected chi connectivity index (χ2v) is 4.11. The summed E-state index contributed by atoms with van der Waals surface area (Å²) >= 11 is 2.18. The zero-order valence-corrected chi connectivity index (χ0v) is 11.7. The van der Waals surface area contributed by atoms with E-state index in [0.29, 0.717) is 5.82 Å². The number of nitrogens with zero attached hydrogens (tertiary/aromatic N) is 2. The van der Waals surface area contributed by atoms with Crippen molar-refractivity contribution < 1.29 is 9.53 Å². The summed E-state index contributed by atoms with van der Waals surface area (Å²) < 4.78 is 5.57. The smallest absolute Gasteiger partial charge is 0.376 e. The first-order chi connectivity index (χ1) is 7.63. The van der Waals surface area contributed by atoms with Crippen LogP contribution in [0.3, 0.4) is 0 Å². The van der Waals surface area contributed by atoms with Crippen molar-refractivity contribution in [2.24, 2.45) is 0 Å². The number of rotatable bonds is 4. The minimum atomic E-state index is -0.509. The zero-order valence-electron chi connectivity index (χ0n) is 9.50. The molecule has 0 bridgehead atoms. The lowest BCUT2D eigenvalue weighted by Crippen LogP contribution is -2.14. The second kappa shape index (κ2) is 5.97. The average Bonchev–Trinajstić information content (AvgIpc) is 2.31. The number of esters is 1. The Labute approximate surface area is 108 Å². The van der Waals surface area contributed by atoms with Gasteiger partial charge in [0.15, 0.2) is 0 Å². The number of aryl methyl sites for hydroxylation is 1. The molecule has 16 heavy (non-hydrogen) atoms. The summed E-state index contributed by atoms with van der Waals surface area (Å²) in [6.07, 6.45) is 0.753. The van der Waals surface area contributed by atoms with E-state index in [1.165, 1.54) is 7.11 Å². The molecule has 0 atom stereocenters. The third-order valence-corrected chi connectivity index (χ3v) is 3.10. The van der Waals surface area contributed by atoms with Crippen LogP contribution in [0.1, 0.15) is 30.2 Å². The first-order valence-corrected chi connectivity index (χ1v) is 6.10. The highest BCUT2D eigenvalue weighted by molar-refractivity contribution is 14.1. The van der Waals surface area contributed by atoms with Crippen molar-refractivity contribution in [3.63, 3.8) is 0 Å². The predicted octanol–water partition coefficient (Wildman–Crippen LogP) is 1.86. The molecular weight excluding hydrogens is 321 g/mol. The molecule has 0 aliphatic rings. The van der Waals surface area contributed by atoms with Gasteiger partial charge in [-0.15, -0.1) is 0 Å². The molecule has 1 heterocycles. The number of methoxy groups -OCH3 is 1. The van der Waals surface area contributed by atoms with Gasteiger partial charge >= 0.3 is 5.97 Å². The lowest BCUT2D eigenvalue weighted by molar-refractivity contribution is 0.0586. The molecule has 1 aromatic heterocycles. The van der Waals surface area contributed by atoms with E-state index in [4.69, 9.17) is 0 Å². The van der Waals surface area contributed by atoms with Crippen LogP contribution >= 0.6 is 22.6 Å². The summed E-state index contributed by atoms with van der Waals surface area (Å²) in [6, 6.07) is 0. The fraction of sp³-hybridized carbons (Fsp3) is 0.500. The van der Waals surface area contributed by atoms with Crippen molar-refractivity contribution in [1.29, 1.82) is 0 Å². The number of anilines is 1. The molecule has 1 N–H and O–H groups in total. The van der Waals surface area contributed by atoms with Gasteiger partial charge in [0.05, 0.1) is 16.4 Å². The van der Waals surface area contributed by atoms with E-state index in [0.717, 1.165) is 22.2 Å². The molecule has 0 unspecified atom stereocenters. The molecule has 0 fully saturated rings. The molecule has 5 nitrogen and oxygen atoms in total. The molecule has 0 aliphatic carbocycles. The van der Waals surface area contributed by atoms with Gasteiger partial charge in [-0.2, -0.15) is 0 Å². The van der Waals surface area contributed by atoms with E-state index in [-0.39, 0.29) is 5.82 Å². The molecule has 0 aromatic carbocycles. The van der Waals surface area contributed by atoms with E-state index < -0.39 is 5.97 Å². The summed E-state index contributed by atoms with van der Waals surface area (Å²) in [4.78, 5) is 19.7. The van der Waals surface area contributed by atoms with Crippen molar-refractivity contribution in [2.45, 2.75) is 20.3 Å². The number of nitrogens with one attached hydrogen (secondary N) is 1. The minimum absolute atomic E-state index is 0.107. The topological polar surface area (TPSA) is 64.1 Å². The molecule has 0 saturated heterocycles. The number of hydrogen-bond donors (Lipinski definition) is 1. The van der Waals surface area contributed by atoms with Crippen LogP contribution in [0, 0.1) is 3.57 Å². The highest BCUT2D eigenvalue weighted by atomic mass is 127. The van der Waals surface area contributed by atoms with Crippen molar-refractivity contribution in [3.8, 4) is 0 Å². The summed E-state index contributed by atoms with van der Waals surface area (Å²) in [7, 11) is 1.32. The third kappa shape index (κ3) is 2.81. The first-order valence-electron chi connectivity index (χ1n) is 5.02. The lowest BCUT2D eigenvalue weighted by atomic mass is 10.3. The van der Waals surface area contributed by atoms with E-state index in [9.17, 15) is 4.79 Å². The number of hydrogen-bond acceptors (Lipinski definition) is 5. The van der Waals surface area contributed by atoms with Crippen LogP contribution in [-0.2, 0) is 11.2 Å². The second-order valence-electron chi connectivity index (χ2n) is 3.03. The van der Waals surface area contributed by atoms with Crippen LogP contribution in [0.4, 0.5) is 5.82 Å². The van der Waals surface area contributed by atoms with Gasteiger partial charge < -0.3 is 10.1 Å². The Morgan fingerprint density at radius 3 is 2.62 bits per heavy atom. The molecule has 0 radical (unpaired) electrons. The maximum atomic E-state index is 11.4. The van der Waals surface area contributed by atoms with Crippen LogP contribution in [0.25, 0.3) is 0 Å². The number of carbonyl (C=O) groups excluding carboxylic acids is 1. The van der Waals surface area contributed by atoms with Crippen LogP contribution in [0.2, 0.25) is 0 Å². The molecule has 88 valence electrons. The van der Waals surface area contributed by atoms with Crippen molar-refractivity contribution in [2.75, 3.05) is 19.0 Å². The fourth-order valence-electron chi connectivity index (χ4n) is 1.19. The Hall–Kier alpha value is -0.920. The largest absolute Gasteiger partial charge is 0.463 e. The van der Waals surface area contributed by atoms with Crippen LogP contribution in [0.15, 0.2) is 0 Å². The van der Waals surface area contributed by atoms with Gasteiger partial charge in [0.2, 0.25) is 5.82 Å². The highest BCUT2D eigenvalue weighted by Crippen LogP contribution is 2.19. The van der Waals surface area contributed by atoms with Crippen LogP contribution < -0.4 is 5.32 Å². The zero-order chi connectivity index (χ0) is 12.1. The Kier molecular flexibility index (Phi) is 4.91. The first kappa shape index (κ1) is 13.1. The minimum Gasteiger partial charge on any atom is -0.463 e. The summed E-state index contributed by atoms with van der Waals surface area (Å²) in [5.41, 5.74) is 0.854. The fourth-order valence-corrected chi connectivity index (χ4v) is 2.01. The van der Waals surface area contributed by atoms with Gasteiger partial charge in [-0.3, -0.25) is 0 Å². The summed E-state index contributed by atoms with van der Waals surface area (Å²) in [5, 5.41) is 3.10. The third-order valence-electron chi connectivity index (χ3n) is 1.97.